The van der Waals surface area contributed by atoms with Crippen molar-refractivity contribution < 1.29 is 4.79 Å². The number of benzene rings is 1. The molecule has 0 atom stereocenters. The van der Waals surface area contributed by atoms with E-state index in [1.807, 2.05) is 37.3 Å². The quantitative estimate of drug-likeness (QED) is 0.794. The Morgan fingerprint density at radius 1 is 1.19 bits per heavy atom. The fourth-order valence-electron chi connectivity index (χ4n) is 1.75. The van der Waals surface area contributed by atoms with E-state index in [-0.39, 0.29) is 17.2 Å². The number of aromatic nitrogens is 2. The van der Waals surface area contributed by atoms with E-state index in [2.05, 4.69) is 16.0 Å². The van der Waals surface area contributed by atoms with Gasteiger partial charge >= 0.3 is 0 Å². The smallest absolute Gasteiger partial charge is 0.290 e. The highest BCUT2D eigenvalue weighted by Crippen LogP contribution is 2.03. The van der Waals surface area contributed by atoms with E-state index < -0.39 is 0 Å². The summed E-state index contributed by atoms with van der Waals surface area (Å²) in [5, 5.41) is 4.07. The van der Waals surface area contributed by atoms with Gasteiger partial charge < -0.3 is 0 Å². The lowest BCUT2D eigenvalue weighted by Crippen LogP contribution is -2.33. The van der Waals surface area contributed by atoms with Crippen molar-refractivity contribution in [1.29, 1.82) is 0 Å². The third kappa shape index (κ3) is 4.17. The van der Waals surface area contributed by atoms with Crippen LogP contribution in [0.1, 0.15) is 30.3 Å². The number of hydrogen-bond donors (Lipinski definition) is 2. The largest absolute Gasteiger partial charge is 0.298 e. The van der Waals surface area contributed by atoms with Crippen LogP contribution in [0.2, 0.25) is 0 Å². The van der Waals surface area contributed by atoms with E-state index in [4.69, 9.17) is 0 Å². The number of rotatable bonds is 6. The molecule has 1 heterocycles. The maximum atomic E-state index is 12.0. The number of hydrogen-bond acceptors (Lipinski definition) is 4. The molecule has 0 aliphatic rings. The lowest BCUT2D eigenvalue weighted by Gasteiger charge is -2.09. The minimum absolute atomic E-state index is 0.198. The summed E-state index contributed by atoms with van der Waals surface area (Å²) in [6, 6.07) is 12.0. The third-order valence-corrected chi connectivity index (χ3v) is 2.92. The van der Waals surface area contributed by atoms with Gasteiger partial charge in [0, 0.05) is 12.6 Å². The van der Waals surface area contributed by atoms with Crippen LogP contribution in [0.25, 0.3) is 0 Å². The van der Waals surface area contributed by atoms with Crippen LogP contribution in [0.4, 0.5) is 5.69 Å². The molecule has 21 heavy (non-hydrogen) atoms. The van der Waals surface area contributed by atoms with Crippen LogP contribution in [-0.2, 0) is 6.54 Å². The first-order chi connectivity index (χ1) is 10.2. The SMILES string of the molecule is CCCCn1nc(C(=O)NNc2ccccc2)ccc1=O. The van der Waals surface area contributed by atoms with Crippen LogP contribution in [-0.4, -0.2) is 15.7 Å². The van der Waals surface area contributed by atoms with Crippen molar-refractivity contribution in [2.24, 2.45) is 0 Å². The maximum absolute atomic E-state index is 12.0. The highest BCUT2D eigenvalue weighted by atomic mass is 16.2. The molecule has 0 fully saturated rings. The van der Waals surface area contributed by atoms with Crippen LogP contribution >= 0.6 is 0 Å². The fourth-order valence-corrected chi connectivity index (χ4v) is 1.75. The molecule has 1 aromatic carbocycles. The van der Waals surface area contributed by atoms with Gasteiger partial charge in [0.15, 0.2) is 5.69 Å². The van der Waals surface area contributed by atoms with Crippen LogP contribution in [0.3, 0.4) is 0 Å². The molecule has 0 saturated carbocycles. The molecular weight excluding hydrogens is 268 g/mol. The average Bonchev–Trinajstić information content (AvgIpc) is 2.53. The Hall–Kier alpha value is -2.63. The van der Waals surface area contributed by atoms with Gasteiger partial charge in [-0.15, -0.1) is 0 Å². The van der Waals surface area contributed by atoms with Crippen molar-refractivity contribution in [2.75, 3.05) is 5.43 Å². The van der Waals surface area contributed by atoms with Crippen molar-refractivity contribution in [2.45, 2.75) is 26.3 Å². The highest BCUT2D eigenvalue weighted by Gasteiger charge is 2.09. The summed E-state index contributed by atoms with van der Waals surface area (Å²) in [5.74, 6) is -0.385. The molecule has 0 aliphatic heterocycles. The van der Waals surface area contributed by atoms with Gasteiger partial charge in [0.25, 0.3) is 11.5 Å². The lowest BCUT2D eigenvalue weighted by molar-refractivity contribution is 0.0955. The molecule has 6 heteroatoms. The minimum atomic E-state index is -0.385. The standard InChI is InChI=1S/C15H18N4O2/c1-2-3-11-19-14(20)10-9-13(18-19)15(21)17-16-12-7-5-4-6-8-12/h4-10,16H,2-3,11H2,1H3,(H,17,21). The Morgan fingerprint density at radius 2 is 1.95 bits per heavy atom. The van der Waals surface area contributed by atoms with E-state index in [0.717, 1.165) is 18.5 Å². The molecule has 2 rings (SSSR count). The lowest BCUT2D eigenvalue weighted by atomic mass is 10.3. The molecule has 6 nitrogen and oxygen atoms in total. The van der Waals surface area contributed by atoms with Gasteiger partial charge in [0.2, 0.25) is 0 Å². The zero-order chi connectivity index (χ0) is 15.1. The van der Waals surface area contributed by atoms with E-state index in [1.54, 1.807) is 0 Å². The molecule has 0 aliphatic carbocycles. The summed E-state index contributed by atoms with van der Waals surface area (Å²) in [7, 11) is 0. The summed E-state index contributed by atoms with van der Waals surface area (Å²) in [5.41, 5.74) is 6.12. The topological polar surface area (TPSA) is 76.0 Å². The second kappa shape index (κ2) is 7.23. The number of carbonyl (C=O) groups is 1. The molecule has 2 N–H and O–H groups in total. The second-order valence-corrected chi connectivity index (χ2v) is 4.58. The Labute approximate surface area is 122 Å². The molecular formula is C15H18N4O2. The maximum Gasteiger partial charge on any atom is 0.290 e. The number of hydrazine groups is 1. The number of anilines is 1. The summed E-state index contributed by atoms with van der Waals surface area (Å²) in [4.78, 5) is 23.6. The summed E-state index contributed by atoms with van der Waals surface area (Å²) >= 11 is 0. The molecule has 0 unspecified atom stereocenters. The van der Waals surface area contributed by atoms with E-state index in [0.29, 0.717) is 6.54 Å². The van der Waals surface area contributed by atoms with Crippen molar-refractivity contribution in [3.8, 4) is 0 Å². The van der Waals surface area contributed by atoms with Gasteiger partial charge in [-0.1, -0.05) is 31.5 Å². The number of carbonyl (C=O) groups excluding carboxylic acids is 1. The zero-order valence-electron chi connectivity index (χ0n) is 11.9. The van der Waals surface area contributed by atoms with Crippen molar-refractivity contribution in [1.82, 2.24) is 15.2 Å². The molecule has 2 aromatic rings. The second-order valence-electron chi connectivity index (χ2n) is 4.58. The first-order valence-electron chi connectivity index (χ1n) is 6.90. The first-order valence-corrected chi connectivity index (χ1v) is 6.90. The normalized spacial score (nSPS) is 10.1. The van der Waals surface area contributed by atoms with Gasteiger partial charge in [-0.25, -0.2) is 4.68 Å². The van der Waals surface area contributed by atoms with Crippen molar-refractivity contribution >= 4 is 11.6 Å². The molecule has 0 radical (unpaired) electrons. The summed E-state index contributed by atoms with van der Waals surface area (Å²) in [6.07, 6.45) is 1.81. The first kappa shape index (κ1) is 14.8. The van der Waals surface area contributed by atoms with E-state index in [1.165, 1.54) is 16.8 Å². The molecule has 110 valence electrons. The zero-order valence-corrected chi connectivity index (χ0v) is 11.9. The molecule has 1 amide bonds. The van der Waals surface area contributed by atoms with Gasteiger partial charge in [-0.05, 0) is 24.6 Å². The Kier molecular flexibility index (Phi) is 5.09. The highest BCUT2D eigenvalue weighted by molar-refractivity contribution is 5.92. The summed E-state index contributed by atoms with van der Waals surface area (Å²) < 4.78 is 1.32. The van der Waals surface area contributed by atoms with Crippen LogP contribution in [0.5, 0.6) is 0 Å². The van der Waals surface area contributed by atoms with Gasteiger partial charge in [0.1, 0.15) is 0 Å². The van der Waals surface area contributed by atoms with E-state index in [9.17, 15) is 9.59 Å². The van der Waals surface area contributed by atoms with Gasteiger partial charge in [0.05, 0.1) is 5.69 Å². The molecule has 1 aromatic heterocycles. The van der Waals surface area contributed by atoms with Crippen molar-refractivity contribution in [3.05, 3.63) is 58.5 Å². The average molecular weight is 286 g/mol. The van der Waals surface area contributed by atoms with Gasteiger partial charge in [-0.2, -0.15) is 5.10 Å². The number of unbranched alkanes of at least 4 members (excludes halogenated alkanes) is 1. The van der Waals surface area contributed by atoms with Crippen LogP contribution in [0, 0.1) is 0 Å². The predicted molar refractivity (Wildman–Crippen MR) is 80.9 cm³/mol. The number of aryl methyl sites for hydroxylation is 1. The molecule has 0 spiro atoms. The molecule has 0 bridgehead atoms. The minimum Gasteiger partial charge on any atom is -0.298 e. The predicted octanol–water partition coefficient (Wildman–Crippen LogP) is 1.80. The number of nitrogens with zero attached hydrogens (tertiary/aromatic N) is 2. The monoisotopic (exact) mass is 286 g/mol. The molecule has 0 saturated heterocycles. The summed E-state index contributed by atoms with van der Waals surface area (Å²) in [6.45, 7) is 2.55. The van der Waals surface area contributed by atoms with E-state index >= 15 is 0 Å². The fraction of sp³-hybridized carbons (Fsp3) is 0.267. The Balaban J connectivity index is 2.03. The Morgan fingerprint density at radius 3 is 2.67 bits per heavy atom. The van der Waals surface area contributed by atoms with Crippen molar-refractivity contribution in [3.63, 3.8) is 0 Å². The number of nitrogens with one attached hydrogen (secondary N) is 2. The number of para-hydroxylation sites is 1. The third-order valence-electron chi connectivity index (χ3n) is 2.92. The van der Waals surface area contributed by atoms with Crippen LogP contribution < -0.4 is 16.4 Å². The van der Waals surface area contributed by atoms with Gasteiger partial charge in [-0.3, -0.25) is 20.4 Å². The Bertz CT molecular complexity index is 652. The van der Waals surface area contributed by atoms with Crippen LogP contribution in [0.15, 0.2) is 47.3 Å². The number of amides is 1.